The molecule has 0 aromatic heterocycles. The van der Waals surface area contributed by atoms with Gasteiger partial charge in [0.25, 0.3) is 0 Å². The summed E-state index contributed by atoms with van der Waals surface area (Å²) >= 11 is 0. The highest BCUT2D eigenvalue weighted by atomic mass is 19.1. The van der Waals surface area contributed by atoms with Crippen LogP contribution in [0.3, 0.4) is 0 Å². The lowest BCUT2D eigenvalue weighted by atomic mass is 9.93. The van der Waals surface area contributed by atoms with Crippen LogP contribution in [-0.4, -0.2) is 43.2 Å². The smallest absolute Gasteiger partial charge is 0.123 e. The van der Waals surface area contributed by atoms with Crippen LogP contribution in [0.2, 0.25) is 0 Å². The zero-order chi connectivity index (χ0) is 14.8. The summed E-state index contributed by atoms with van der Waals surface area (Å²) in [6, 6.07) is 5.48. The van der Waals surface area contributed by atoms with Crippen LogP contribution < -0.4 is 10.1 Å². The molecule has 3 atom stereocenters. The highest BCUT2D eigenvalue weighted by Crippen LogP contribution is 2.30. The normalized spacial score (nSPS) is 29.2. The molecular weight excluding hydrogens is 267 g/mol. The predicted molar refractivity (Wildman–Crippen MR) is 82.2 cm³/mol. The first-order chi connectivity index (χ1) is 10.2. The van der Waals surface area contributed by atoms with Crippen LogP contribution in [0.5, 0.6) is 5.75 Å². The molecule has 1 saturated heterocycles. The zero-order valence-corrected chi connectivity index (χ0v) is 12.9. The van der Waals surface area contributed by atoms with Crippen molar-refractivity contribution in [3.8, 4) is 5.75 Å². The monoisotopic (exact) mass is 292 g/mol. The summed E-state index contributed by atoms with van der Waals surface area (Å²) in [6.07, 6.45) is 2.20. The fourth-order valence-corrected chi connectivity index (χ4v) is 3.64. The maximum Gasteiger partial charge on any atom is 0.123 e. The Morgan fingerprint density at radius 1 is 1.43 bits per heavy atom. The predicted octanol–water partition coefficient (Wildman–Crippen LogP) is 2.45. The molecule has 116 valence electrons. The Hall–Kier alpha value is -1.13. The second-order valence-electron chi connectivity index (χ2n) is 6.39. The van der Waals surface area contributed by atoms with Crippen molar-refractivity contribution in [2.45, 2.75) is 38.8 Å². The van der Waals surface area contributed by atoms with Gasteiger partial charge in [0, 0.05) is 31.1 Å². The van der Waals surface area contributed by atoms with E-state index >= 15 is 0 Å². The van der Waals surface area contributed by atoms with E-state index < -0.39 is 0 Å². The average molecular weight is 292 g/mol. The van der Waals surface area contributed by atoms with Crippen molar-refractivity contribution in [1.82, 2.24) is 10.2 Å². The van der Waals surface area contributed by atoms with Gasteiger partial charge in [-0.1, -0.05) is 13.8 Å². The Labute approximate surface area is 126 Å². The molecule has 1 aromatic carbocycles. The molecule has 0 aliphatic carbocycles. The number of ether oxygens (including phenoxy) is 1. The third kappa shape index (κ3) is 3.38. The van der Waals surface area contributed by atoms with Crippen LogP contribution >= 0.6 is 0 Å². The molecule has 1 N–H and O–H groups in total. The Morgan fingerprint density at radius 3 is 3.05 bits per heavy atom. The van der Waals surface area contributed by atoms with E-state index in [1.165, 1.54) is 12.5 Å². The fourth-order valence-electron chi connectivity index (χ4n) is 3.64. The molecule has 1 aromatic rings. The number of hydrogen-bond acceptors (Lipinski definition) is 3. The Morgan fingerprint density at radius 2 is 2.29 bits per heavy atom. The number of fused-ring (bicyclic) bond motifs is 1. The third-order valence-corrected chi connectivity index (χ3v) is 4.68. The summed E-state index contributed by atoms with van der Waals surface area (Å²) in [6.45, 7) is 8.71. The van der Waals surface area contributed by atoms with Crippen molar-refractivity contribution in [3.63, 3.8) is 0 Å². The quantitative estimate of drug-likeness (QED) is 0.922. The largest absolute Gasteiger partial charge is 0.488 e. The van der Waals surface area contributed by atoms with Crippen molar-refractivity contribution < 1.29 is 9.13 Å². The lowest BCUT2D eigenvalue weighted by Gasteiger charge is -2.38. The second kappa shape index (κ2) is 6.32. The van der Waals surface area contributed by atoms with Crippen LogP contribution in [0.4, 0.5) is 4.39 Å². The molecule has 1 fully saturated rings. The zero-order valence-electron chi connectivity index (χ0n) is 12.9. The highest BCUT2D eigenvalue weighted by Gasteiger charge is 2.30. The molecule has 0 amide bonds. The van der Waals surface area contributed by atoms with Crippen LogP contribution in [0, 0.1) is 11.7 Å². The van der Waals surface area contributed by atoms with E-state index in [0.29, 0.717) is 12.0 Å². The van der Waals surface area contributed by atoms with Gasteiger partial charge in [-0.2, -0.15) is 0 Å². The number of likely N-dealkylation sites (tertiary alicyclic amines) is 1. The Bertz CT molecular complexity index is 494. The van der Waals surface area contributed by atoms with E-state index in [-0.39, 0.29) is 11.9 Å². The first kappa shape index (κ1) is 14.8. The van der Waals surface area contributed by atoms with Gasteiger partial charge in [-0.3, -0.25) is 4.90 Å². The summed E-state index contributed by atoms with van der Waals surface area (Å²) < 4.78 is 19.2. The van der Waals surface area contributed by atoms with Gasteiger partial charge >= 0.3 is 0 Å². The summed E-state index contributed by atoms with van der Waals surface area (Å²) in [5.74, 6) is 1.36. The minimum atomic E-state index is -0.168. The standard InChI is InChI=1S/C17H25FN2O/c1-3-19-16-6-7-20(10-12(16)2)11-15-9-13-8-14(18)4-5-17(13)21-15/h4-5,8,12,15-16,19H,3,6-7,9-11H2,1-2H3. The van der Waals surface area contributed by atoms with Gasteiger partial charge in [-0.25, -0.2) is 4.39 Å². The van der Waals surface area contributed by atoms with Gasteiger partial charge in [-0.15, -0.1) is 0 Å². The molecule has 3 unspecified atom stereocenters. The lowest BCUT2D eigenvalue weighted by molar-refractivity contribution is 0.0981. The van der Waals surface area contributed by atoms with Crippen molar-refractivity contribution in [1.29, 1.82) is 0 Å². The first-order valence-electron chi connectivity index (χ1n) is 8.06. The number of nitrogens with one attached hydrogen (secondary N) is 1. The number of benzene rings is 1. The van der Waals surface area contributed by atoms with E-state index in [9.17, 15) is 4.39 Å². The second-order valence-corrected chi connectivity index (χ2v) is 6.39. The van der Waals surface area contributed by atoms with Crippen molar-refractivity contribution in [3.05, 3.63) is 29.6 Å². The summed E-state index contributed by atoms with van der Waals surface area (Å²) in [4.78, 5) is 2.49. The van der Waals surface area contributed by atoms with Gasteiger partial charge < -0.3 is 10.1 Å². The lowest BCUT2D eigenvalue weighted by Crippen LogP contribution is -2.50. The molecule has 4 heteroatoms. The summed E-state index contributed by atoms with van der Waals surface area (Å²) in [5.41, 5.74) is 1.01. The van der Waals surface area contributed by atoms with Crippen molar-refractivity contribution in [2.75, 3.05) is 26.2 Å². The fraction of sp³-hybridized carbons (Fsp3) is 0.647. The molecule has 0 bridgehead atoms. The van der Waals surface area contributed by atoms with Gasteiger partial charge in [0.05, 0.1) is 0 Å². The molecule has 21 heavy (non-hydrogen) atoms. The van der Waals surface area contributed by atoms with Crippen LogP contribution in [0.15, 0.2) is 18.2 Å². The number of piperidine rings is 1. The van der Waals surface area contributed by atoms with Crippen LogP contribution in [0.1, 0.15) is 25.8 Å². The topological polar surface area (TPSA) is 24.5 Å². The number of hydrogen-bond donors (Lipinski definition) is 1. The van der Waals surface area contributed by atoms with E-state index in [1.807, 2.05) is 0 Å². The molecule has 2 aliphatic heterocycles. The number of nitrogens with zero attached hydrogens (tertiary/aromatic N) is 1. The Balaban J connectivity index is 1.53. The van der Waals surface area contributed by atoms with Crippen LogP contribution in [-0.2, 0) is 6.42 Å². The molecule has 3 rings (SSSR count). The van der Waals surface area contributed by atoms with Gasteiger partial charge in [0.1, 0.15) is 17.7 Å². The molecule has 0 saturated carbocycles. The molecule has 0 radical (unpaired) electrons. The maximum atomic E-state index is 13.2. The van der Waals surface area contributed by atoms with Gasteiger partial charge in [0.15, 0.2) is 0 Å². The van der Waals surface area contributed by atoms with E-state index in [4.69, 9.17) is 4.74 Å². The molecule has 2 aliphatic rings. The van der Waals surface area contributed by atoms with Crippen molar-refractivity contribution in [2.24, 2.45) is 5.92 Å². The minimum Gasteiger partial charge on any atom is -0.488 e. The molecule has 0 spiro atoms. The molecule has 3 nitrogen and oxygen atoms in total. The minimum absolute atomic E-state index is 0.168. The number of halogens is 1. The summed E-state index contributed by atoms with van der Waals surface area (Å²) in [5, 5.41) is 3.57. The average Bonchev–Trinajstić information content (AvgIpc) is 2.83. The highest BCUT2D eigenvalue weighted by molar-refractivity contribution is 5.37. The molecular formula is C17H25FN2O. The first-order valence-corrected chi connectivity index (χ1v) is 8.06. The summed E-state index contributed by atoms with van der Waals surface area (Å²) in [7, 11) is 0. The SMILES string of the molecule is CCNC1CCN(CC2Cc3cc(F)ccc3O2)CC1C. The van der Waals surface area contributed by atoms with Gasteiger partial charge in [0.2, 0.25) is 0 Å². The van der Waals surface area contributed by atoms with E-state index in [2.05, 4.69) is 24.1 Å². The third-order valence-electron chi connectivity index (χ3n) is 4.68. The number of rotatable bonds is 4. The maximum absolute atomic E-state index is 13.2. The van der Waals surface area contributed by atoms with Crippen molar-refractivity contribution >= 4 is 0 Å². The van der Waals surface area contributed by atoms with E-state index in [0.717, 1.165) is 43.9 Å². The van der Waals surface area contributed by atoms with E-state index in [1.54, 1.807) is 12.1 Å². The van der Waals surface area contributed by atoms with Gasteiger partial charge in [-0.05, 0) is 43.6 Å². The Kier molecular flexibility index (Phi) is 4.45. The van der Waals surface area contributed by atoms with Crippen LogP contribution in [0.25, 0.3) is 0 Å². The molecule has 2 heterocycles.